The van der Waals surface area contributed by atoms with Crippen molar-refractivity contribution in [3.05, 3.63) is 53.4 Å². The predicted octanol–water partition coefficient (Wildman–Crippen LogP) is 2.65. The molecule has 3 rings (SSSR count). The van der Waals surface area contributed by atoms with Crippen molar-refractivity contribution in [2.24, 2.45) is 11.7 Å². The van der Waals surface area contributed by atoms with E-state index in [1.807, 2.05) is 6.92 Å². The van der Waals surface area contributed by atoms with E-state index in [4.69, 9.17) is 5.73 Å². The van der Waals surface area contributed by atoms with Gasteiger partial charge in [0.05, 0.1) is 5.56 Å². The van der Waals surface area contributed by atoms with Crippen LogP contribution in [-0.2, 0) is 0 Å². The van der Waals surface area contributed by atoms with E-state index in [9.17, 15) is 18.4 Å². The maximum Gasteiger partial charge on any atom is 0.270 e. The van der Waals surface area contributed by atoms with Gasteiger partial charge in [-0.05, 0) is 55.0 Å². The summed E-state index contributed by atoms with van der Waals surface area (Å²) in [6.45, 7) is 1.91. The molecule has 0 bridgehead atoms. The molecule has 2 amide bonds. The second-order valence-corrected chi connectivity index (χ2v) is 6.24. The molecular formula is C18H17F2N3O2. The van der Waals surface area contributed by atoms with Crippen LogP contribution in [0.2, 0.25) is 0 Å². The number of aromatic nitrogens is 1. The van der Waals surface area contributed by atoms with E-state index in [0.717, 1.165) is 37.2 Å². The first-order chi connectivity index (χ1) is 11.8. The summed E-state index contributed by atoms with van der Waals surface area (Å²) in [5.41, 5.74) is 5.62. The van der Waals surface area contributed by atoms with Gasteiger partial charge in [-0.1, -0.05) is 0 Å². The minimum Gasteiger partial charge on any atom is -0.366 e. The van der Waals surface area contributed by atoms with Gasteiger partial charge in [-0.25, -0.2) is 8.78 Å². The molecule has 1 atom stereocenters. The van der Waals surface area contributed by atoms with E-state index in [1.165, 1.54) is 6.07 Å². The molecule has 1 heterocycles. The first-order valence-electron chi connectivity index (χ1n) is 7.92. The van der Waals surface area contributed by atoms with Gasteiger partial charge >= 0.3 is 0 Å². The quantitative estimate of drug-likeness (QED) is 0.874. The van der Waals surface area contributed by atoms with Crippen LogP contribution in [0.5, 0.6) is 0 Å². The molecular weight excluding hydrogens is 328 g/mol. The highest BCUT2D eigenvalue weighted by Crippen LogP contribution is 2.32. The maximum atomic E-state index is 13.5. The Balaban J connectivity index is 1.99. The molecule has 2 aromatic rings. The number of primary amides is 1. The average molecular weight is 345 g/mol. The molecule has 0 unspecified atom stereocenters. The molecule has 0 aliphatic heterocycles. The zero-order chi connectivity index (χ0) is 18.1. The topological polar surface area (TPSA) is 85.1 Å². The Morgan fingerprint density at radius 1 is 1.20 bits per heavy atom. The molecule has 0 spiro atoms. The van der Waals surface area contributed by atoms with Gasteiger partial charge in [0, 0.05) is 18.3 Å². The van der Waals surface area contributed by atoms with Crippen LogP contribution in [-0.4, -0.2) is 22.8 Å². The van der Waals surface area contributed by atoms with Crippen molar-refractivity contribution in [3.63, 3.8) is 0 Å². The van der Waals surface area contributed by atoms with E-state index >= 15 is 0 Å². The van der Waals surface area contributed by atoms with Crippen molar-refractivity contribution in [2.45, 2.75) is 25.8 Å². The number of nitrogens with two attached hydrogens (primary N) is 1. The zero-order valence-electron chi connectivity index (χ0n) is 13.6. The Kier molecular flexibility index (Phi) is 4.48. The Hall–Kier alpha value is -2.83. The number of nitrogens with zero attached hydrogens (tertiary/aromatic N) is 1. The zero-order valence-corrected chi connectivity index (χ0v) is 13.6. The standard InChI is InChI=1S/C18H17F2N3O2/c1-9(10-2-3-10)23-18(25)16-7-14(15(8-22-16)17(21)24)11-4-12(19)6-13(20)5-11/h4-10H,2-3H2,1H3,(H2,21,24)(H,23,25)/t9-/m0/s1. The molecule has 5 nitrogen and oxygen atoms in total. The number of amides is 2. The lowest BCUT2D eigenvalue weighted by molar-refractivity contribution is 0.0928. The van der Waals surface area contributed by atoms with Crippen molar-refractivity contribution < 1.29 is 18.4 Å². The fourth-order valence-electron chi connectivity index (χ4n) is 2.72. The molecule has 1 aromatic heterocycles. The lowest BCUT2D eigenvalue weighted by Gasteiger charge is -2.14. The Labute approximate surface area is 143 Å². The van der Waals surface area contributed by atoms with Crippen LogP contribution in [0.25, 0.3) is 11.1 Å². The van der Waals surface area contributed by atoms with Crippen LogP contribution in [0, 0.1) is 17.6 Å². The summed E-state index contributed by atoms with van der Waals surface area (Å²) >= 11 is 0. The van der Waals surface area contributed by atoms with Crippen LogP contribution < -0.4 is 11.1 Å². The summed E-state index contributed by atoms with van der Waals surface area (Å²) in [4.78, 5) is 27.9. The van der Waals surface area contributed by atoms with Gasteiger partial charge in [-0.2, -0.15) is 0 Å². The number of carbonyl (C=O) groups excluding carboxylic acids is 2. The Bertz CT molecular complexity index is 830. The third-order valence-electron chi connectivity index (χ3n) is 4.26. The molecule has 1 aliphatic carbocycles. The molecule has 1 fully saturated rings. The lowest BCUT2D eigenvalue weighted by atomic mass is 9.99. The highest BCUT2D eigenvalue weighted by molar-refractivity contribution is 6.02. The number of benzene rings is 1. The van der Waals surface area contributed by atoms with Crippen molar-refractivity contribution in [2.75, 3.05) is 0 Å². The summed E-state index contributed by atoms with van der Waals surface area (Å²) < 4.78 is 27.0. The molecule has 1 aromatic carbocycles. The third kappa shape index (κ3) is 3.81. The summed E-state index contributed by atoms with van der Waals surface area (Å²) in [7, 11) is 0. The normalized spacial score (nSPS) is 14.8. The monoisotopic (exact) mass is 345 g/mol. The van der Waals surface area contributed by atoms with Crippen LogP contribution >= 0.6 is 0 Å². The number of rotatable bonds is 5. The van der Waals surface area contributed by atoms with Crippen LogP contribution in [0.1, 0.15) is 40.6 Å². The van der Waals surface area contributed by atoms with Crippen LogP contribution in [0.3, 0.4) is 0 Å². The molecule has 0 radical (unpaired) electrons. The lowest BCUT2D eigenvalue weighted by Crippen LogP contribution is -2.34. The van der Waals surface area contributed by atoms with Crippen molar-refractivity contribution in [1.29, 1.82) is 0 Å². The van der Waals surface area contributed by atoms with Gasteiger partial charge in [-0.3, -0.25) is 14.6 Å². The van der Waals surface area contributed by atoms with E-state index in [-0.39, 0.29) is 28.4 Å². The largest absolute Gasteiger partial charge is 0.366 e. The van der Waals surface area contributed by atoms with E-state index in [0.29, 0.717) is 5.92 Å². The Morgan fingerprint density at radius 3 is 2.40 bits per heavy atom. The fourth-order valence-corrected chi connectivity index (χ4v) is 2.72. The summed E-state index contributed by atoms with van der Waals surface area (Å²) in [6.07, 6.45) is 3.30. The molecule has 7 heteroatoms. The van der Waals surface area contributed by atoms with Gasteiger partial charge in [-0.15, -0.1) is 0 Å². The van der Waals surface area contributed by atoms with Crippen molar-refractivity contribution >= 4 is 11.8 Å². The second-order valence-electron chi connectivity index (χ2n) is 6.24. The van der Waals surface area contributed by atoms with E-state index in [2.05, 4.69) is 10.3 Å². The minimum absolute atomic E-state index is 0.0141. The smallest absolute Gasteiger partial charge is 0.270 e. The highest BCUT2D eigenvalue weighted by Gasteiger charge is 2.29. The number of halogens is 2. The van der Waals surface area contributed by atoms with Gasteiger partial charge in [0.2, 0.25) is 0 Å². The first kappa shape index (κ1) is 17.0. The number of hydrogen-bond acceptors (Lipinski definition) is 3. The third-order valence-corrected chi connectivity index (χ3v) is 4.26. The number of pyridine rings is 1. The van der Waals surface area contributed by atoms with E-state index < -0.39 is 23.4 Å². The summed E-state index contributed by atoms with van der Waals surface area (Å²) in [5, 5.41) is 2.84. The maximum absolute atomic E-state index is 13.5. The number of carbonyl (C=O) groups is 2. The number of hydrogen-bond donors (Lipinski definition) is 2. The van der Waals surface area contributed by atoms with Gasteiger partial charge in [0.25, 0.3) is 11.8 Å². The van der Waals surface area contributed by atoms with Gasteiger partial charge < -0.3 is 11.1 Å². The van der Waals surface area contributed by atoms with Gasteiger partial charge in [0.1, 0.15) is 17.3 Å². The minimum atomic E-state index is -0.800. The van der Waals surface area contributed by atoms with Crippen molar-refractivity contribution in [1.82, 2.24) is 10.3 Å². The molecule has 1 saturated carbocycles. The molecule has 0 saturated heterocycles. The molecule has 1 aliphatic rings. The summed E-state index contributed by atoms with van der Waals surface area (Å²) in [5.74, 6) is -2.34. The van der Waals surface area contributed by atoms with Gasteiger partial charge in [0.15, 0.2) is 0 Å². The average Bonchev–Trinajstić information content (AvgIpc) is 3.38. The Morgan fingerprint density at radius 2 is 1.84 bits per heavy atom. The van der Waals surface area contributed by atoms with Crippen LogP contribution in [0.15, 0.2) is 30.5 Å². The highest BCUT2D eigenvalue weighted by atomic mass is 19.1. The first-order valence-corrected chi connectivity index (χ1v) is 7.92. The molecule has 3 N–H and O–H groups in total. The van der Waals surface area contributed by atoms with Crippen LogP contribution in [0.4, 0.5) is 8.78 Å². The van der Waals surface area contributed by atoms with Crippen molar-refractivity contribution in [3.8, 4) is 11.1 Å². The molecule has 130 valence electrons. The number of nitrogens with one attached hydrogen (secondary N) is 1. The second kappa shape index (κ2) is 6.58. The molecule has 25 heavy (non-hydrogen) atoms. The summed E-state index contributed by atoms with van der Waals surface area (Å²) in [6, 6.07) is 4.20. The fraction of sp³-hybridized carbons (Fsp3) is 0.278. The van der Waals surface area contributed by atoms with E-state index in [1.54, 1.807) is 0 Å². The SMILES string of the molecule is C[C@H](NC(=O)c1cc(-c2cc(F)cc(F)c2)c(C(N)=O)cn1)C1CC1. The predicted molar refractivity (Wildman–Crippen MR) is 87.8 cm³/mol.